The number of nitrogens with one attached hydrogen (secondary N) is 2. The van der Waals surface area contributed by atoms with Gasteiger partial charge in [-0.1, -0.05) is 0 Å². The highest BCUT2D eigenvalue weighted by Crippen LogP contribution is 1.99. The van der Waals surface area contributed by atoms with Gasteiger partial charge in [-0.15, -0.1) is 0 Å². The maximum absolute atomic E-state index is 11.2. The molecule has 0 aromatic heterocycles. The number of rotatable bonds is 5. The van der Waals surface area contributed by atoms with E-state index in [1.807, 2.05) is 4.90 Å². The normalized spacial score (nSPS) is 25.9. The highest BCUT2D eigenvalue weighted by atomic mass is 16.6. The lowest BCUT2D eigenvalue weighted by Gasteiger charge is -2.23. The Morgan fingerprint density at radius 2 is 2.44 bits per heavy atom. The molecule has 0 saturated carbocycles. The summed E-state index contributed by atoms with van der Waals surface area (Å²) >= 11 is 0. The summed E-state index contributed by atoms with van der Waals surface area (Å²) in [5, 5.41) is 6.05. The number of hydrogen-bond donors (Lipinski definition) is 2. The first-order valence-corrected chi connectivity index (χ1v) is 5.79. The Kier molecular flexibility index (Phi) is 4.38. The number of amides is 2. The fraction of sp³-hybridized carbons (Fsp3) is 0.900. The molecule has 0 spiro atoms. The summed E-state index contributed by atoms with van der Waals surface area (Å²) in [6.45, 7) is 5.95. The molecule has 1 unspecified atom stereocenters. The molecule has 6 nitrogen and oxygen atoms in total. The van der Waals surface area contributed by atoms with Crippen molar-refractivity contribution < 1.29 is 14.3 Å². The largest absolute Gasteiger partial charge is 0.376 e. The third-order valence-corrected chi connectivity index (χ3v) is 2.76. The molecular formula is C10H19N3O3. The lowest BCUT2D eigenvalue weighted by molar-refractivity contribution is -0.0863. The van der Waals surface area contributed by atoms with Crippen molar-refractivity contribution in [3.63, 3.8) is 0 Å². The predicted molar refractivity (Wildman–Crippen MR) is 58.4 cm³/mol. The predicted octanol–water partition coefficient (Wildman–Crippen LogP) is -0.983. The third-order valence-electron chi connectivity index (χ3n) is 2.76. The Morgan fingerprint density at radius 3 is 3.12 bits per heavy atom. The van der Waals surface area contributed by atoms with Crippen LogP contribution in [0.4, 0.5) is 4.79 Å². The zero-order valence-corrected chi connectivity index (χ0v) is 9.41. The Morgan fingerprint density at radius 1 is 1.50 bits per heavy atom. The molecule has 2 rings (SSSR count). The average Bonchev–Trinajstić information content (AvgIpc) is 2.72. The first-order valence-electron chi connectivity index (χ1n) is 5.79. The van der Waals surface area contributed by atoms with E-state index in [0.717, 1.165) is 32.7 Å². The molecule has 1 atom stereocenters. The van der Waals surface area contributed by atoms with Gasteiger partial charge in [-0.2, -0.15) is 0 Å². The molecule has 2 amide bonds. The van der Waals surface area contributed by atoms with Crippen LogP contribution in [0.1, 0.15) is 0 Å². The Balaban J connectivity index is 1.52. The van der Waals surface area contributed by atoms with Crippen LogP contribution in [0.15, 0.2) is 0 Å². The Hall–Kier alpha value is -0.850. The molecule has 0 radical (unpaired) electrons. The van der Waals surface area contributed by atoms with Crippen LogP contribution in [-0.2, 0) is 9.47 Å². The van der Waals surface area contributed by atoms with E-state index in [0.29, 0.717) is 19.8 Å². The van der Waals surface area contributed by atoms with Crippen LogP contribution in [0.5, 0.6) is 0 Å². The molecule has 2 N–H and O–H groups in total. The van der Waals surface area contributed by atoms with E-state index in [1.54, 1.807) is 0 Å². The number of carbonyl (C=O) groups is 1. The molecule has 0 aromatic carbocycles. The summed E-state index contributed by atoms with van der Waals surface area (Å²) < 4.78 is 10.8. The summed E-state index contributed by atoms with van der Waals surface area (Å²) in [4.78, 5) is 13.0. The van der Waals surface area contributed by atoms with Crippen LogP contribution in [-0.4, -0.2) is 69.6 Å². The van der Waals surface area contributed by atoms with Gasteiger partial charge in [0.25, 0.3) is 0 Å². The van der Waals surface area contributed by atoms with E-state index in [2.05, 4.69) is 10.6 Å². The van der Waals surface area contributed by atoms with Gasteiger partial charge < -0.3 is 25.0 Å². The van der Waals surface area contributed by atoms with Crippen LogP contribution < -0.4 is 10.6 Å². The van der Waals surface area contributed by atoms with Crippen molar-refractivity contribution in [1.29, 1.82) is 0 Å². The van der Waals surface area contributed by atoms with Crippen LogP contribution in [0.2, 0.25) is 0 Å². The van der Waals surface area contributed by atoms with Crippen molar-refractivity contribution in [2.75, 3.05) is 52.5 Å². The highest BCUT2D eigenvalue weighted by Gasteiger charge is 2.18. The monoisotopic (exact) mass is 229 g/mol. The van der Waals surface area contributed by atoms with Crippen LogP contribution in [0.25, 0.3) is 0 Å². The highest BCUT2D eigenvalue weighted by molar-refractivity contribution is 5.76. The summed E-state index contributed by atoms with van der Waals surface area (Å²) in [6, 6.07) is 0.0408. The Bertz CT molecular complexity index is 231. The second kappa shape index (κ2) is 6.03. The number of carbonyl (C=O) groups excluding carboxylic acids is 1. The second-order valence-electron chi connectivity index (χ2n) is 3.99. The van der Waals surface area contributed by atoms with Crippen LogP contribution in [0, 0.1) is 0 Å². The van der Waals surface area contributed by atoms with Gasteiger partial charge in [0.05, 0.1) is 25.9 Å². The number of ether oxygens (including phenoxy) is 2. The maximum atomic E-state index is 11.2. The molecule has 92 valence electrons. The van der Waals surface area contributed by atoms with Gasteiger partial charge in [-0.05, 0) is 0 Å². The van der Waals surface area contributed by atoms with Gasteiger partial charge in [0, 0.05) is 32.7 Å². The first-order chi connectivity index (χ1) is 7.86. The number of hydrogen-bond acceptors (Lipinski definition) is 4. The van der Waals surface area contributed by atoms with Crippen molar-refractivity contribution in [2.45, 2.75) is 6.10 Å². The van der Waals surface area contributed by atoms with Crippen molar-refractivity contribution in [1.82, 2.24) is 15.5 Å². The van der Waals surface area contributed by atoms with Gasteiger partial charge in [0.2, 0.25) is 0 Å². The minimum absolute atomic E-state index is 0.0408. The topological polar surface area (TPSA) is 62.8 Å². The Labute approximate surface area is 95.3 Å². The maximum Gasteiger partial charge on any atom is 0.317 e. The zero-order valence-electron chi connectivity index (χ0n) is 9.41. The smallest absolute Gasteiger partial charge is 0.317 e. The third kappa shape index (κ3) is 3.33. The van der Waals surface area contributed by atoms with E-state index in [-0.39, 0.29) is 12.1 Å². The fourth-order valence-corrected chi connectivity index (χ4v) is 1.86. The van der Waals surface area contributed by atoms with Crippen molar-refractivity contribution in [3.8, 4) is 0 Å². The lowest BCUT2D eigenvalue weighted by atomic mass is 10.3. The second-order valence-corrected chi connectivity index (χ2v) is 3.99. The minimum atomic E-state index is 0.0408. The van der Waals surface area contributed by atoms with Crippen molar-refractivity contribution in [3.05, 3.63) is 0 Å². The summed E-state index contributed by atoms with van der Waals surface area (Å²) in [5.41, 5.74) is 0. The zero-order chi connectivity index (χ0) is 11.2. The average molecular weight is 229 g/mol. The molecule has 2 fully saturated rings. The molecular weight excluding hydrogens is 210 g/mol. The van der Waals surface area contributed by atoms with Crippen LogP contribution in [0.3, 0.4) is 0 Å². The molecule has 2 aliphatic heterocycles. The molecule has 0 aliphatic carbocycles. The van der Waals surface area contributed by atoms with E-state index >= 15 is 0 Å². The van der Waals surface area contributed by atoms with E-state index in [9.17, 15) is 4.79 Å². The van der Waals surface area contributed by atoms with E-state index in [4.69, 9.17) is 9.47 Å². The van der Waals surface area contributed by atoms with Crippen molar-refractivity contribution >= 4 is 6.03 Å². The van der Waals surface area contributed by atoms with Gasteiger partial charge in [-0.25, -0.2) is 4.79 Å². The quantitative estimate of drug-likeness (QED) is 0.595. The SMILES string of the molecule is O=C1NCCN1CCNCC1COCCO1. The van der Waals surface area contributed by atoms with E-state index < -0.39 is 0 Å². The molecule has 0 aromatic rings. The lowest BCUT2D eigenvalue weighted by Crippen LogP contribution is -2.40. The standard InChI is InChI=1S/C10H19N3O3/c14-10-12-2-4-13(10)3-1-11-7-9-8-15-5-6-16-9/h9,11H,1-8H2,(H,12,14). The van der Waals surface area contributed by atoms with Gasteiger partial charge in [-0.3, -0.25) is 0 Å². The van der Waals surface area contributed by atoms with E-state index in [1.165, 1.54) is 0 Å². The summed E-state index contributed by atoms with van der Waals surface area (Å²) in [5.74, 6) is 0. The molecule has 6 heteroatoms. The number of urea groups is 1. The van der Waals surface area contributed by atoms with Crippen molar-refractivity contribution in [2.24, 2.45) is 0 Å². The molecule has 0 bridgehead atoms. The first kappa shape index (κ1) is 11.6. The minimum Gasteiger partial charge on any atom is -0.376 e. The van der Waals surface area contributed by atoms with Crippen LogP contribution >= 0.6 is 0 Å². The van der Waals surface area contributed by atoms with Gasteiger partial charge in [0.1, 0.15) is 0 Å². The molecule has 2 heterocycles. The summed E-state index contributed by atoms with van der Waals surface area (Å²) in [7, 11) is 0. The molecule has 2 saturated heterocycles. The fourth-order valence-electron chi connectivity index (χ4n) is 1.86. The molecule has 16 heavy (non-hydrogen) atoms. The molecule has 2 aliphatic rings. The number of nitrogens with zero attached hydrogens (tertiary/aromatic N) is 1. The summed E-state index contributed by atoms with van der Waals surface area (Å²) in [6.07, 6.45) is 0.154. The van der Waals surface area contributed by atoms with Gasteiger partial charge >= 0.3 is 6.03 Å². The van der Waals surface area contributed by atoms with Gasteiger partial charge in [0.15, 0.2) is 0 Å².